The molecule has 0 radical (unpaired) electrons. The van der Waals surface area contributed by atoms with E-state index >= 15 is 0 Å². The van der Waals surface area contributed by atoms with Crippen molar-refractivity contribution in [2.75, 3.05) is 0 Å². The number of hydrogen-bond acceptors (Lipinski definition) is 3. The van der Waals surface area contributed by atoms with Crippen LogP contribution in [-0.2, 0) is 7.05 Å². The van der Waals surface area contributed by atoms with Gasteiger partial charge in [0, 0.05) is 25.6 Å². The molecule has 1 fully saturated rings. The van der Waals surface area contributed by atoms with Crippen LogP contribution >= 0.6 is 11.6 Å². The molecule has 1 N–H and O–H groups in total. The second-order valence-corrected chi connectivity index (χ2v) is 5.48. The van der Waals surface area contributed by atoms with E-state index in [9.17, 15) is 4.79 Å². The summed E-state index contributed by atoms with van der Waals surface area (Å²) in [7, 11) is 1.93. The van der Waals surface area contributed by atoms with Crippen LogP contribution in [0.5, 0.6) is 0 Å². The van der Waals surface area contributed by atoms with Crippen LogP contribution in [0.1, 0.15) is 35.2 Å². The van der Waals surface area contributed by atoms with E-state index in [1.54, 1.807) is 18.3 Å². The fourth-order valence-corrected chi connectivity index (χ4v) is 2.34. The van der Waals surface area contributed by atoms with Crippen LogP contribution in [0, 0.1) is 5.92 Å². The lowest BCUT2D eigenvalue weighted by atomic mass is 10.1. The van der Waals surface area contributed by atoms with Gasteiger partial charge in [-0.1, -0.05) is 11.6 Å². The molecule has 2 aromatic rings. The molecular formula is C14H15ClN4O. The molecule has 1 atom stereocenters. The van der Waals surface area contributed by atoms with Crippen LogP contribution in [0.15, 0.2) is 30.7 Å². The highest BCUT2D eigenvalue weighted by Crippen LogP contribution is 2.40. The van der Waals surface area contributed by atoms with E-state index in [1.807, 2.05) is 17.8 Å². The molecule has 5 nitrogen and oxygen atoms in total. The normalized spacial score (nSPS) is 15.9. The van der Waals surface area contributed by atoms with Gasteiger partial charge in [0.25, 0.3) is 5.91 Å². The van der Waals surface area contributed by atoms with Crippen molar-refractivity contribution in [1.29, 1.82) is 0 Å². The number of nitrogens with zero attached hydrogens (tertiary/aromatic N) is 3. The number of hydrogen-bond donors (Lipinski definition) is 1. The quantitative estimate of drug-likeness (QED) is 0.940. The molecule has 0 bridgehead atoms. The fraction of sp³-hybridized carbons (Fsp3) is 0.357. The molecule has 6 heteroatoms. The minimum atomic E-state index is -0.193. The zero-order valence-electron chi connectivity index (χ0n) is 11.1. The summed E-state index contributed by atoms with van der Waals surface area (Å²) in [5.74, 6) is 1.16. The number of nitrogens with one attached hydrogen (secondary N) is 1. The first-order valence-electron chi connectivity index (χ1n) is 6.55. The van der Waals surface area contributed by atoms with E-state index < -0.39 is 0 Å². The third-order valence-electron chi connectivity index (χ3n) is 3.48. The predicted molar refractivity (Wildman–Crippen MR) is 75.4 cm³/mol. The summed E-state index contributed by atoms with van der Waals surface area (Å²) >= 11 is 5.78. The second-order valence-electron chi connectivity index (χ2n) is 5.05. The van der Waals surface area contributed by atoms with Crippen molar-refractivity contribution in [2.45, 2.75) is 18.9 Å². The Morgan fingerprint density at radius 1 is 1.45 bits per heavy atom. The van der Waals surface area contributed by atoms with E-state index in [0.29, 0.717) is 16.6 Å². The third kappa shape index (κ3) is 2.67. The van der Waals surface area contributed by atoms with Gasteiger partial charge in [-0.3, -0.25) is 4.79 Å². The Morgan fingerprint density at radius 3 is 2.80 bits per heavy atom. The summed E-state index contributed by atoms with van der Waals surface area (Å²) in [6.07, 6.45) is 7.34. The van der Waals surface area contributed by atoms with Crippen LogP contribution in [-0.4, -0.2) is 20.4 Å². The molecule has 20 heavy (non-hydrogen) atoms. The van der Waals surface area contributed by atoms with E-state index in [2.05, 4.69) is 15.3 Å². The van der Waals surface area contributed by atoms with Gasteiger partial charge in [0.05, 0.1) is 11.1 Å². The maximum atomic E-state index is 12.3. The van der Waals surface area contributed by atoms with Gasteiger partial charge in [0.2, 0.25) is 0 Å². The maximum Gasteiger partial charge on any atom is 0.270 e. The van der Waals surface area contributed by atoms with E-state index in [4.69, 9.17) is 11.6 Å². The van der Waals surface area contributed by atoms with Crippen LogP contribution in [0.3, 0.4) is 0 Å². The molecule has 1 saturated carbocycles. The molecule has 1 amide bonds. The Bertz CT molecular complexity index is 618. The Balaban J connectivity index is 1.79. The van der Waals surface area contributed by atoms with Crippen LogP contribution < -0.4 is 5.32 Å². The minimum absolute atomic E-state index is 0.0556. The number of carbonyl (C=O) groups is 1. The fourth-order valence-electron chi connectivity index (χ4n) is 2.22. The average Bonchev–Trinajstić information content (AvgIpc) is 3.19. The van der Waals surface area contributed by atoms with Gasteiger partial charge in [0.15, 0.2) is 0 Å². The summed E-state index contributed by atoms with van der Waals surface area (Å²) in [5.41, 5.74) is 0.370. The number of amides is 1. The topological polar surface area (TPSA) is 59.8 Å². The molecule has 0 saturated heterocycles. The molecule has 2 heterocycles. The van der Waals surface area contributed by atoms with Crippen molar-refractivity contribution in [1.82, 2.24) is 19.9 Å². The van der Waals surface area contributed by atoms with Crippen molar-refractivity contribution in [3.63, 3.8) is 0 Å². The lowest BCUT2D eigenvalue weighted by Gasteiger charge is -2.17. The molecule has 0 spiro atoms. The molecule has 2 aromatic heterocycles. The van der Waals surface area contributed by atoms with Gasteiger partial charge in [-0.05, 0) is 30.9 Å². The summed E-state index contributed by atoms with van der Waals surface area (Å²) in [6.45, 7) is 0. The van der Waals surface area contributed by atoms with Gasteiger partial charge in [-0.2, -0.15) is 0 Å². The van der Waals surface area contributed by atoms with E-state index in [1.165, 1.54) is 6.20 Å². The highest BCUT2D eigenvalue weighted by molar-refractivity contribution is 6.30. The van der Waals surface area contributed by atoms with Crippen molar-refractivity contribution in [2.24, 2.45) is 13.0 Å². The van der Waals surface area contributed by atoms with Crippen molar-refractivity contribution < 1.29 is 4.79 Å². The molecular weight excluding hydrogens is 276 g/mol. The summed E-state index contributed by atoms with van der Waals surface area (Å²) in [4.78, 5) is 20.6. The van der Waals surface area contributed by atoms with Crippen molar-refractivity contribution in [3.8, 4) is 0 Å². The van der Waals surface area contributed by atoms with Crippen molar-refractivity contribution in [3.05, 3.63) is 47.3 Å². The molecule has 1 aliphatic rings. The van der Waals surface area contributed by atoms with E-state index in [0.717, 1.165) is 18.7 Å². The van der Waals surface area contributed by atoms with Crippen LogP contribution in [0.2, 0.25) is 5.02 Å². The number of aryl methyl sites for hydroxylation is 1. The zero-order chi connectivity index (χ0) is 14.1. The largest absolute Gasteiger partial charge is 0.340 e. The lowest BCUT2D eigenvalue weighted by molar-refractivity contribution is 0.0924. The van der Waals surface area contributed by atoms with Gasteiger partial charge in [-0.25, -0.2) is 9.97 Å². The number of halogens is 1. The maximum absolute atomic E-state index is 12.3. The lowest BCUT2D eigenvalue weighted by Crippen LogP contribution is -2.32. The zero-order valence-corrected chi connectivity index (χ0v) is 11.8. The number of rotatable bonds is 4. The van der Waals surface area contributed by atoms with Crippen LogP contribution in [0.4, 0.5) is 0 Å². The first-order chi connectivity index (χ1) is 9.65. The van der Waals surface area contributed by atoms with Crippen LogP contribution in [0.25, 0.3) is 0 Å². The predicted octanol–water partition coefficient (Wildman–Crippen LogP) is 2.35. The molecule has 104 valence electrons. The van der Waals surface area contributed by atoms with Gasteiger partial charge < -0.3 is 9.88 Å². The Labute approximate surface area is 122 Å². The highest BCUT2D eigenvalue weighted by atomic mass is 35.5. The molecule has 1 aliphatic carbocycles. The first kappa shape index (κ1) is 13.1. The summed E-state index contributed by atoms with van der Waals surface area (Å²) in [6, 6.07) is 3.23. The Kier molecular flexibility index (Phi) is 3.44. The monoisotopic (exact) mass is 290 g/mol. The average molecular weight is 291 g/mol. The second kappa shape index (κ2) is 5.25. The highest BCUT2D eigenvalue weighted by Gasteiger charge is 2.35. The Morgan fingerprint density at radius 2 is 2.25 bits per heavy atom. The summed E-state index contributed by atoms with van der Waals surface area (Å²) in [5, 5.41) is 3.55. The number of aromatic nitrogens is 3. The Hall–Kier alpha value is -1.88. The third-order valence-corrected chi connectivity index (χ3v) is 3.70. The molecule has 3 rings (SSSR count). The van der Waals surface area contributed by atoms with Gasteiger partial charge in [0.1, 0.15) is 11.5 Å². The standard InChI is InChI=1S/C14H15ClN4O/c1-19-7-6-16-13(19)12(9-2-3-9)18-14(20)11-5-4-10(15)8-17-11/h4-9,12H,2-3H2,1H3,(H,18,20)/t12-/m1/s1. The smallest absolute Gasteiger partial charge is 0.270 e. The minimum Gasteiger partial charge on any atom is -0.340 e. The van der Waals surface area contributed by atoms with Gasteiger partial charge in [-0.15, -0.1) is 0 Å². The number of pyridine rings is 1. The summed E-state index contributed by atoms with van der Waals surface area (Å²) < 4.78 is 1.94. The van der Waals surface area contributed by atoms with E-state index in [-0.39, 0.29) is 11.9 Å². The number of imidazole rings is 1. The van der Waals surface area contributed by atoms with Gasteiger partial charge >= 0.3 is 0 Å². The number of carbonyl (C=O) groups excluding carboxylic acids is 1. The SMILES string of the molecule is Cn1ccnc1[C@H](NC(=O)c1ccc(Cl)cn1)C1CC1. The molecule has 0 unspecified atom stereocenters. The molecule has 0 aliphatic heterocycles. The molecule has 0 aromatic carbocycles. The van der Waals surface area contributed by atoms with Crippen molar-refractivity contribution >= 4 is 17.5 Å². The first-order valence-corrected chi connectivity index (χ1v) is 6.92.